The summed E-state index contributed by atoms with van der Waals surface area (Å²) in [5, 5.41) is 3.51. The molecule has 0 spiro atoms. The third-order valence-electron chi connectivity index (χ3n) is 5.37. The predicted octanol–water partition coefficient (Wildman–Crippen LogP) is 4.50. The van der Waals surface area contributed by atoms with E-state index in [9.17, 15) is 9.59 Å². The molecule has 7 nitrogen and oxygen atoms in total. The van der Waals surface area contributed by atoms with Crippen molar-refractivity contribution in [3.8, 4) is 11.5 Å². The average molecular weight is 486 g/mol. The Kier molecular flexibility index (Phi) is 7.25. The summed E-state index contributed by atoms with van der Waals surface area (Å²) in [5.74, 6) is 0.857. The highest BCUT2D eigenvalue weighted by atomic mass is 35.5. The molecule has 1 N–H and O–H groups in total. The van der Waals surface area contributed by atoms with Gasteiger partial charge in [-0.15, -0.1) is 0 Å². The van der Waals surface area contributed by atoms with Crippen LogP contribution < -0.4 is 19.7 Å². The Morgan fingerprint density at radius 2 is 1.91 bits per heavy atom. The van der Waals surface area contributed by atoms with Gasteiger partial charge in [-0.25, -0.2) is 4.99 Å². The number of carbonyl (C=O) groups excluding carboxylic acids is 2. The van der Waals surface area contributed by atoms with E-state index in [0.717, 1.165) is 30.6 Å². The van der Waals surface area contributed by atoms with Crippen LogP contribution in [0.15, 0.2) is 53.2 Å². The summed E-state index contributed by atoms with van der Waals surface area (Å²) in [4.78, 5) is 32.1. The minimum absolute atomic E-state index is 0.0335. The normalized spacial score (nSPS) is 19.8. The summed E-state index contributed by atoms with van der Waals surface area (Å²) in [6, 6.07) is 12.5. The molecule has 33 heavy (non-hydrogen) atoms. The van der Waals surface area contributed by atoms with Gasteiger partial charge in [0.2, 0.25) is 5.91 Å². The van der Waals surface area contributed by atoms with Crippen molar-refractivity contribution in [3.05, 3.63) is 58.7 Å². The molecule has 9 heteroatoms. The van der Waals surface area contributed by atoms with Gasteiger partial charge in [-0.05, 0) is 48.7 Å². The number of benzene rings is 2. The van der Waals surface area contributed by atoms with Gasteiger partial charge in [-0.2, -0.15) is 0 Å². The fourth-order valence-electron chi connectivity index (χ4n) is 3.60. The highest BCUT2D eigenvalue weighted by Crippen LogP contribution is 2.36. The lowest BCUT2D eigenvalue weighted by Gasteiger charge is -2.21. The summed E-state index contributed by atoms with van der Waals surface area (Å²) in [7, 11) is 3.12. The van der Waals surface area contributed by atoms with E-state index in [1.165, 1.54) is 23.8 Å². The number of aliphatic imine (C=N–C) groups is 1. The number of hydrogen-bond donors (Lipinski definition) is 1. The zero-order valence-electron chi connectivity index (χ0n) is 18.3. The Morgan fingerprint density at radius 1 is 1.12 bits per heavy atom. The highest BCUT2D eigenvalue weighted by Gasteiger charge is 2.35. The lowest BCUT2D eigenvalue weighted by molar-refractivity contribution is -0.120. The topological polar surface area (TPSA) is 80.2 Å². The molecule has 1 unspecified atom stereocenters. The zero-order valence-corrected chi connectivity index (χ0v) is 19.9. The molecule has 1 fully saturated rings. The number of halogens is 1. The Bertz CT molecular complexity index is 1120. The standard InChI is InChI=1S/C24H24ClN3O4S/c1-31-17-9-6-15(7-10-17)13-19-23(30)28(16-8-11-18(25)20(14-16)32-2)24(27-19)33-21-5-3-4-12-26-22(21)29/h6-11,13-14,21H,3-5,12H2,1-2H3,(H,26,29)/b19-13-. The molecule has 2 aromatic carbocycles. The van der Waals surface area contributed by atoms with E-state index in [2.05, 4.69) is 10.3 Å². The highest BCUT2D eigenvalue weighted by molar-refractivity contribution is 8.15. The molecule has 4 rings (SSSR count). The Balaban J connectivity index is 1.71. The van der Waals surface area contributed by atoms with E-state index in [1.807, 2.05) is 24.3 Å². The van der Waals surface area contributed by atoms with E-state index >= 15 is 0 Å². The number of hydrogen-bond acceptors (Lipinski definition) is 6. The summed E-state index contributed by atoms with van der Waals surface area (Å²) >= 11 is 7.49. The van der Waals surface area contributed by atoms with Crippen molar-refractivity contribution in [2.45, 2.75) is 24.5 Å². The van der Waals surface area contributed by atoms with Crippen molar-refractivity contribution in [1.82, 2.24) is 5.32 Å². The average Bonchev–Trinajstić information content (AvgIpc) is 2.98. The van der Waals surface area contributed by atoms with Gasteiger partial charge in [-0.3, -0.25) is 14.5 Å². The second-order valence-corrected chi connectivity index (χ2v) is 9.13. The van der Waals surface area contributed by atoms with Gasteiger partial charge in [0.1, 0.15) is 17.2 Å². The largest absolute Gasteiger partial charge is 0.497 e. The molecule has 2 aliphatic heterocycles. The van der Waals surface area contributed by atoms with Crippen molar-refractivity contribution in [1.29, 1.82) is 0 Å². The van der Waals surface area contributed by atoms with Crippen LogP contribution in [0.5, 0.6) is 11.5 Å². The molecule has 2 aromatic rings. The molecule has 2 aliphatic rings. The van der Waals surface area contributed by atoms with Crippen LogP contribution in [0.4, 0.5) is 5.69 Å². The van der Waals surface area contributed by atoms with Crippen LogP contribution in [0.25, 0.3) is 6.08 Å². The fraction of sp³-hybridized carbons (Fsp3) is 0.292. The van der Waals surface area contributed by atoms with Crippen LogP contribution in [0.2, 0.25) is 5.02 Å². The van der Waals surface area contributed by atoms with Gasteiger partial charge in [-0.1, -0.05) is 41.9 Å². The number of carbonyl (C=O) groups is 2. The molecule has 1 atom stereocenters. The molecule has 172 valence electrons. The Morgan fingerprint density at radius 3 is 2.64 bits per heavy atom. The van der Waals surface area contributed by atoms with Gasteiger partial charge in [0, 0.05) is 12.6 Å². The lowest BCUT2D eigenvalue weighted by atomic mass is 10.2. The first-order valence-electron chi connectivity index (χ1n) is 10.6. The smallest absolute Gasteiger partial charge is 0.283 e. The molecule has 0 saturated carbocycles. The molecule has 0 bridgehead atoms. The van der Waals surface area contributed by atoms with Crippen LogP contribution >= 0.6 is 23.4 Å². The van der Waals surface area contributed by atoms with Crippen LogP contribution in [-0.4, -0.2) is 43.0 Å². The third kappa shape index (κ3) is 5.17. The number of nitrogens with one attached hydrogen (secondary N) is 1. The van der Waals surface area contributed by atoms with E-state index in [1.54, 1.807) is 31.4 Å². The monoisotopic (exact) mass is 485 g/mol. The number of ether oxygens (including phenoxy) is 2. The maximum atomic E-state index is 13.5. The Hall–Kier alpha value is -2.97. The minimum atomic E-state index is -0.323. The van der Waals surface area contributed by atoms with Gasteiger partial charge in [0.15, 0.2) is 5.17 Å². The van der Waals surface area contributed by atoms with E-state index in [-0.39, 0.29) is 22.8 Å². The summed E-state index contributed by atoms with van der Waals surface area (Å²) < 4.78 is 10.5. The van der Waals surface area contributed by atoms with Crippen LogP contribution in [-0.2, 0) is 9.59 Å². The SMILES string of the molecule is COc1ccc(/C=C2\N=C(SC3CCCCNC3=O)N(c3ccc(Cl)c(OC)c3)C2=O)cc1. The van der Waals surface area contributed by atoms with Crippen LogP contribution in [0.1, 0.15) is 24.8 Å². The molecular formula is C24H24ClN3O4S. The first kappa shape index (κ1) is 23.2. The quantitative estimate of drug-likeness (QED) is 0.630. The van der Waals surface area contributed by atoms with Gasteiger partial charge in [0.25, 0.3) is 5.91 Å². The number of nitrogens with zero attached hydrogens (tertiary/aromatic N) is 2. The molecule has 2 amide bonds. The molecule has 0 aromatic heterocycles. The maximum Gasteiger partial charge on any atom is 0.283 e. The Labute approximate surface area is 201 Å². The molecule has 0 radical (unpaired) electrons. The molecular weight excluding hydrogens is 462 g/mol. The summed E-state index contributed by atoms with van der Waals surface area (Å²) in [5.41, 5.74) is 1.67. The van der Waals surface area contributed by atoms with Crippen molar-refractivity contribution >= 4 is 52.1 Å². The first-order valence-corrected chi connectivity index (χ1v) is 11.8. The van der Waals surface area contributed by atoms with Crippen molar-refractivity contribution in [2.75, 3.05) is 25.7 Å². The van der Waals surface area contributed by atoms with Crippen molar-refractivity contribution in [2.24, 2.45) is 4.99 Å². The number of rotatable bonds is 5. The summed E-state index contributed by atoms with van der Waals surface area (Å²) in [6.07, 6.45) is 4.32. The second-order valence-electron chi connectivity index (χ2n) is 7.55. The number of amides is 2. The molecule has 1 saturated heterocycles. The maximum absolute atomic E-state index is 13.5. The van der Waals surface area contributed by atoms with Crippen LogP contribution in [0.3, 0.4) is 0 Å². The second kappa shape index (κ2) is 10.3. The number of amidine groups is 1. The van der Waals surface area contributed by atoms with Gasteiger partial charge < -0.3 is 14.8 Å². The van der Waals surface area contributed by atoms with Crippen molar-refractivity contribution in [3.63, 3.8) is 0 Å². The van der Waals surface area contributed by atoms with Crippen LogP contribution in [0, 0.1) is 0 Å². The van der Waals surface area contributed by atoms with Gasteiger partial charge >= 0.3 is 0 Å². The van der Waals surface area contributed by atoms with E-state index in [0.29, 0.717) is 28.2 Å². The number of methoxy groups -OCH3 is 2. The lowest BCUT2D eigenvalue weighted by Crippen LogP contribution is -2.35. The molecule has 0 aliphatic carbocycles. The molecule has 2 heterocycles. The van der Waals surface area contributed by atoms with E-state index in [4.69, 9.17) is 21.1 Å². The number of anilines is 1. The van der Waals surface area contributed by atoms with Gasteiger partial charge in [0.05, 0.1) is 30.2 Å². The van der Waals surface area contributed by atoms with E-state index < -0.39 is 0 Å². The first-order chi connectivity index (χ1) is 16.0. The minimum Gasteiger partial charge on any atom is -0.497 e. The summed E-state index contributed by atoms with van der Waals surface area (Å²) in [6.45, 7) is 0.669. The fourth-order valence-corrected chi connectivity index (χ4v) is 4.97. The predicted molar refractivity (Wildman–Crippen MR) is 132 cm³/mol. The third-order valence-corrected chi connectivity index (χ3v) is 6.91. The zero-order chi connectivity index (χ0) is 23.4. The van der Waals surface area contributed by atoms with Crippen molar-refractivity contribution < 1.29 is 19.1 Å². The number of thioether (sulfide) groups is 1.